The highest BCUT2D eigenvalue weighted by Gasteiger charge is 2.24. The lowest BCUT2D eigenvalue weighted by molar-refractivity contribution is 0.112. The van der Waals surface area contributed by atoms with Crippen molar-refractivity contribution in [3.8, 4) is 11.5 Å². The van der Waals surface area contributed by atoms with Gasteiger partial charge in [0.05, 0.1) is 5.02 Å². The second kappa shape index (κ2) is 5.74. The van der Waals surface area contributed by atoms with Gasteiger partial charge in [-0.1, -0.05) is 11.6 Å². The number of rotatable bonds is 4. The van der Waals surface area contributed by atoms with Gasteiger partial charge in [0.1, 0.15) is 36.3 Å². The summed E-state index contributed by atoms with van der Waals surface area (Å²) in [5, 5.41) is 0.376. The molecule has 108 valence electrons. The third kappa shape index (κ3) is 3.00. The fourth-order valence-electron chi connectivity index (χ4n) is 2.27. The van der Waals surface area contributed by atoms with Crippen molar-refractivity contribution in [1.82, 2.24) is 0 Å². The number of halogens is 2. The van der Waals surface area contributed by atoms with Gasteiger partial charge in [0.25, 0.3) is 0 Å². The van der Waals surface area contributed by atoms with Crippen LogP contribution < -0.4 is 9.47 Å². The molecule has 3 rings (SSSR count). The van der Waals surface area contributed by atoms with Crippen molar-refractivity contribution in [2.45, 2.75) is 12.5 Å². The Bertz CT molecular complexity index is 687. The molecule has 0 fully saturated rings. The maximum Gasteiger partial charge on any atom is 0.150 e. The third-order valence-corrected chi connectivity index (χ3v) is 3.58. The molecule has 2 aromatic rings. The minimum atomic E-state index is -0.272. The van der Waals surface area contributed by atoms with Crippen LogP contribution >= 0.6 is 11.6 Å². The van der Waals surface area contributed by atoms with Crippen LogP contribution in [0.4, 0.5) is 4.39 Å². The van der Waals surface area contributed by atoms with E-state index in [1.807, 2.05) is 0 Å². The highest BCUT2D eigenvalue weighted by atomic mass is 35.5. The first-order valence-corrected chi connectivity index (χ1v) is 6.86. The zero-order valence-electron chi connectivity index (χ0n) is 11.0. The molecule has 0 aliphatic carbocycles. The second-order valence-corrected chi connectivity index (χ2v) is 5.22. The van der Waals surface area contributed by atoms with Crippen molar-refractivity contribution in [2.24, 2.45) is 0 Å². The largest absolute Gasteiger partial charge is 0.488 e. The van der Waals surface area contributed by atoms with Crippen molar-refractivity contribution in [3.63, 3.8) is 0 Å². The molecule has 0 radical (unpaired) electrons. The van der Waals surface area contributed by atoms with E-state index in [4.69, 9.17) is 21.1 Å². The molecule has 0 saturated heterocycles. The minimum absolute atomic E-state index is 0.177. The molecule has 0 saturated carbocycles. The van der Waals surface area contributed by atoms with Crippen molar-refractivity contribution in [3.05, 3.63) is 58.4 Å². The molecule has 1 unspecified atom stereocenters. The van der Waals surface area contributed by atoms with Gasteiger partial charge in [-0.25, -0.2) is 4.39 Å². The fraction of sp³-hybridized carbons (Fsp3) is 0.188. The van der Waals surface area contributed by atoms with E-state index in [1.54, 1.807) is 24.3 Å². The summed E-state index contributed by atoms with van der Waals surface area (Å²) < 4.78 is 24.4. The van der Waals surface area contributed by atoms with Crippen LogP contribution in [0.25, 0.3) is 0 Å². The first kappa shape index (κ1) is 13.9. The van der Waals surface area contributed by atoms with Gasteiger partial charge in [-0.05, 0) is 36.4 Å². The Balaban J connectivity index is 1.63. The lowest BCUT2D eigenvalue weighted by Gasteiger charge is -2.13. The maximum atomic E-state index is 13.1. The average molecular weight is 307 g/mol. The van der Waals surface area contributed by atoms with Crippen molar-refractivity contribution < 1.29 is 18.7 Å². The summed E-state index contributed by atoms with van der Waals surface area (Å²) in [6, 6.07) is 9.29. The number of benzene rings is 2. The predicted octanol–water partition coefficient (Wildman–Crippen LogP) is 3.67. The Kier molecular flexibility index (Phi) is 3.80. The predicted molar refractivity (Wildman–Crippen MR) is 76.9 cm³/mol. The number of fused-ring (bicyclic) bond motifs is 1. The van der Waals surface area contributed by atoms with Gasteiger partial charge in [-0.2, -0.15) is 0 Å². The lowest BCUT2D eigenvalue weighted by Crippen LogP contribution is -2.22. The monoisotopic (exact) mass is 306 g/mol. The number of hydrogen-bond acceptors (Lipinski definition) is 3. The van der Waals surface area contributed by atoms with Crippen LogP contribution in [0.5, 0.6) is 11.5 Å². The summed E-state index contributed by atoms with van der Waals surface area (Å²) in [7, 11) is 0. The molecule has 3 nitrogen and oxygen atoms in total. The zero-order chi connectivity index (χ0) is 14.8. The molecule has 0 aromatic heterocycles. The van der Waals surface area contributed by atoms with Gasteiger partial charge >= 0.3 is 0 Å². The van der Waals surface area contributed by atoms with E-state index in [0.29, 0.717) is 35.1 Å². The third-order valence-electron chi connectivity index (χ3n) is 3.28. The molecule has 1 aliphatic heterocycles. The van der Waals surface area contributed by atoms with Gasteiger partial charge < -0.3 is 9.47 Å². The molecule has 1 heterocycles. The van der Waals surface area contributed by atoms with Gasteiger partial charge in [0.2, 0.25) is 0 Å². The van der Waals surface area contributed by atoms with Crippen LogP contribution in [-0.4, -0.2) is 19.0 Å². The molecule has 0 spiro atoms. The molecular formula is C16H12ClFO3. The maximum absolute atomic E-state index is 13.1. The average Bonchev–Trinajstić information content (AvgIpc) is 2.87. The second-order valence-electron chi connectivity index (χ2n) is 4.81. The number of aldehydes is 1. The lowest BCUT2D eigenvalue weighted by atomic mass is 10.1. The van der Waals surface area contributed by atoms with Gasteiger partial charge in [-0.3, -0.25) is 4.79 Å². The summed E-state index contributed by atoms with van der Waals surface area (Å²) in [5.41, 5.74) is 1.33. The van der Waals surface area contributed by atoms with E-state index in [9.17, 15) is 9.18 Å². The number of ether oxygens (including phenoxy) is 2. The van der Waals surface area contributed by atoms with Gasteiger partial charge in [0.15, 0.2) is 0 Å². The van der Waals surface area contributed by atoms with Crippen LogP contribution in [0.2, 0.25) is 5.02 Å². The smallest absolute Gasteiger partial charge is 0.150 e. The summed E-state index contributed by atoms with van der Waals surface area (Å²) in [6.45, 7) is 0.302. The fourth-order valence-corrected chi connectivity index (χ4v) is 2.52. The first-order chi connectivity index (χ1) is 10.2. The Labute approximate surface area is 126 Å². The summed E-state index contributed by atoms with van der Waals surface area (Å²) in [6.07, 6.45) is 1.14. The molecule has 1 aliphatic rings. The molecule has 0 amide bonds. The van der Waals surface area contributed by atoms with Crippen molar-refractivity contribution >= 4 is 17.9 Å². The molecule has 21 heavy (non-hydrogen) atoms. The highest BCUT2D eigenvalue weighted by molar-refractivity contribution is 6.32. The standard InChI is InChI=1S/C16H12ClFO3/c17-14-5-10(8-19)1-3-16(14)20-9-13-7-11-6-12(18)2-4-15(11)21-13/h1-6,8,13H,7,9H2. The molecule has 0 bridgehead atoms. The van der Waals surface area contributed by atoms with Crippen molar-refractivity contribution in [2.75, 3.05) is 6.61 Å². The number of hydrogen-bond donors (Lipinski definition) is 0. The highest BCUT2D eigenvalue weighted by Crippen LogP contribution is 2.30. The molecule has 2 aromatic carbocycles. The van der Waals surface area contributed by atoms with Crippen LogP contribution in [0, 0.1) is 5.82 Å². The molecule has 1 atom stereocenters. The Hall–Kier alpha value is -2.07. The van der Waals surface area contributed by atoms with E-state index in [2.05, 4.69) is 0 Å². The van der Waals surface area contributed by atoms with Crippen LogP contribution in [-0.2, 0) is 6.42 Å². The van der Waals surface area contributed by atoms with Crippen molar-refractivity contribution in [1.29, 1.82) is 0 Å². The summed E-state index contributed by atoms with van der Waals surface area (Å²) in [4.78, 5) is 10.6. The van der Waals surface area contributed by atoms with E-state index >= 15 is 0 Å². The Morgan fingerprint density at radius 3 is 2.95 bits per heavy atom. The zero-order valence-corrected chi connectivity index (χ0v) is 11.8. The number of carbonyl (C=O) groups excluding carboxylic acids is 1. The van der Waals surface area contributed by atoms with Gasteiger partial charge in [0, 0.05) is 17.5 Å². The molecule has 5 heteroatoms. The quantitative estimate of drug-likeness (QED) is 0.808. The first-order valence-electron chi connectivity index (χ1n) is 6.48. The topological polar surface area (TPSA) is 35.5 Å². The number of carbonyl (C=O) groups is 1. The van der Waals surface area contributed by atoms with E-state index < -0.39 is 0 Å². The van der Waals surface area contributed by atoms with E-state index in [0.717, 1.165) is 11.8 Å². The summed E-state index contributed by atoms with van der Waals surface area (Å²) >= 11 is 6.03. The summed E-state index contributed by atoms with van der Waals surface area (Å²) in [5.74, 6) is 0.909. The van der Waals surface area contributed by atoms with E-state index in [-0.39, 0.29) is 11.9 Å². The molecule has 0 N–H and O–H groups in total. The van der Waals surface area contributed by atoms with E-state index in [1.165, 1.54) is 12.1 Å². The van der Waals surface area contributed by atoms with Crippen LogP contribution in [0.1, 0.15) is 15.9 Å². The normalized spacial score (nSPS) is 16.2. The molecular weight excluding hydrogens is 295 g/mol. The van der Waals surface area contributed by atoms with Crippen LogP contribution in [0.3, 0.4) is 0 Å². The van der Waals surface area contributed by atoms with Crippen LogP contribution in [0.15, 0.2) is 36.4 Å². The Morgan fingerprint density at radius 1 is 1.33 bits per heavy atom. The minimum Gasteiger partial charge on any atom is -0.488 e. The Morgan fingerprint density at radius 2 is 2.19 bits per heavy atom. The SMILES string of the molecule is O=Cc1ccc(OCC2Cc3cc(F)ccc3O2)c(Cl)c1. The van der Waals surface area contributed by atoms with Gasteiger partial charge in [-0.15, -0.1) is 0 Å².